The summed E-state index contributed by atoms with van der Waals surface area (Å²) in [5, 5.41) is 3.29. The van der Waals surface area contributed by atoms with E-state index in [1.807, 2.05) is 0 Å². The van der Waals surface area contributed by atoms with Crippen molar-refractivity contribution >= 4 is 33.0 Å². The Balaban J connectivity index is 1.59. The van der Waals surface area contributed by atoms with E-state index in [1.165, 1.54) is 17.4 Å². The van der Waals surface area contributed by atoms with Crippen molar-refractivity contribution in [3.63, 3.8) is 0 Å². The molecular formula is C18H14FNO3S. The number of amides is 1. The summed E-state index contributed by atoms with van der Waals surface area (Å²) in [7, 11) is 0. The van der Waals surface area contributed by atoms with Crippen LogP contribution in [-0.2, 0) is 0 Å². The second-order valence-electron chi connectivity index (χ2n) is 5.43. The summed E-state index contributed by atoms with van der Waals surface area (Å²) in [4.78, 5) is 12.9. The van der Waals surface area contributed by atoms with Crippen molar-refractivity contribution in [2.75, 3.05) is 18.5 Å². The molecule has 1 aliphatic rings. The molecule has 0 radical (unpaired) electrons. The van der Waals surface area contributed by atoms with E-state index in [-0.39, 0.29) is 11.7 Å². The first kappa shape index (κ1) is 15.0. The Morgan fingerprint density at radius 1 is 1.08 bits per heavy atom. The zero-order valence-corrected chi connectivity index (χ0v) is 13.5. The van der Waals surface area contributed by atoms with Crippen LogP contribution in [-0.4, -0.2) is 19.1 Å². The summed E-state index contributed by atoms with van der Waals surface area (Å²) < 4.78 is 25.7. The molecule has 1 amide bonds. The molecule has 2 heterocycles. The molecule has 4 rings (SSSR count). The Labute approximate surface area is 141 Å². The van der Waals surface area contributed by atoms with E-state index in [9.17, 15) is 9.18 Å². The largest absolute Gasteiger partial charge is 0.490 e. The molecule has 1 aliphatic heterocycles. The third kappa shape index (κ3) is 2.80. The predicted molar refractivity (Wildman–Crippen MR) is 91.8 cm³/mol. The number of anilines is 1. The molecule has 4 nitrogen and oxygen atoms in total. The summed E-state index contributed by atoms with van der Waals surface area (Å²) in [6.07, 6.45) is 0.823. The van der Waals surface area contributed by atoms with E-state index in [1.54, 1.807) is 36.4 Å². The second kappa shape index (κ2) is 6.13. The van der Waals surface area contributed by atoms with Crippen molar-refractivity contribution in [2.24, 2.45) is 0 Å². The number of carbonyl (C=O) groups is 1. The Bertz CT molecular complexity index is 922. The maximum absolute atomic E-state index is 13.8. The minimum absolute atomic E-state index is 0.273. The molecule has 0 bridgehead atoms. The van der Waals surface area contributed by atoms with Gasteiger partial charge >= 0.3 is 0 Å². The highest BCUT2D eigenvalue weighted by molar-refractivity contribution is 7.20. The average Bonchev–Trinajstić information content (AvgIpc) is 2.89. The lowest BCUT2D eigenvalue weighted by atomic mass is 10.2. The van der Waals surface area contributed by atoms with E-state index in [0.29, 0.717) is 40.7 Å². The number of carbonyl (C=O) groups excluding carboxylic acids is 1. The van der Waals surface area contributed by atoms with Gasteiger partial charge in [-0.3, -0.25) is 4.79 Å². The molecule has 0 saturated carbocycles. The fourth-order valence-corrected chi connectivity index (χ4v) is 3.54. The van der Waals surface area contributed by atoms with Crippen LogP contribution in [0.15, 0.2) is 42.5 Å². The molecular weight excluding hydrogens is 329 g/mol. The standard InChI is InChI=1S/C18H14FNO3S/c19-13-3-1-4-16-12(13)10-17(24-16)18(21)20-11-5-6-14-15(9-11)23-8-2-7-22-14/h1,3-6,9-10H,2,7-8H2,(H,20,21). The van der Waals surface area contributed by atoms with Crippen LogP contribution in [0.25, 0.3) is 10.1 Å². The number of ether oxygens (including phenoxy) is 2. The van der Waals surface area contributed by atoms with Crippen LogP contribution in [0.3, 0.4) is 0 Å². The lowest BCUT2D eigenvalue weighted by Gasteiger charge is -2.09. The molecule has 6 heteroatoms. The number of fused-ring (bicyclic) bond motifs is 2. The molecule has 0 unspecified atom stereocenters. The van der Waals surface area contributed by atoms with E-state index >= 15 is 0 Å². The van der Waals surface area contributed by atoms with Gasteiger partial charge in [0.1, 0.15) is 5.82 Å². The maximum atomic E-state index is 13.8. The molecule has 1 N–H and O–H groups in total. The van der Waals surface area contributed by atoms with Gasteiger partial charge in [-0.1, -0.05) is 6.07 Å². The second-order valence-corrected chi connectivity index (χ2v) is 6.51. The number of halogens is 1. The van der Waals surface area contributed by atoms with E-state index in [4.69, 9.17) is 9.47 Å². The van der Waals surface area contributed by atoms with Gasteiger partial charge < -0.3 is 14.8 Å². The van der Waals surface area contributed by atoms with Gasteiger partial charge in [-0.05, 0) is 30.3 Å². The first-order chi connectivity index (χ1) is 11.7. The lowest BCUT2D eigenvalue weighted by Crippen LogP contribution is -2.10. The third-order valence-corrected chi connectivity index (χ3v) is 4.84. The molecule has 0 spiro atoms. The topological polar surface area (TPSA) is 47.6 Å². The first-order valence-electron chi connectivity index (χ1n) is 7.60. The first-order valence-corrected chi connectivity index (χ1v) is 8.41. The van der Waals surface area contributed by atoms with Gasteiger partial charge in [0.05, 0.1) is 18.1 Å². The molecule has 0 fully saturated rings. The fraction of sp³-hybridized carbons (Fsp3) is 0.167. The highest BCUT2D eigenvalue weighted by Gasteiger charge is 2.15. The van der Waals surface area contributed by atoms with E-state index in [2.05, 4.69) is 5.32 Å². The van der Waals surface area contributed by atoms with Gasteiger partial charge in [0.2, 0.25) is 0 Å². The van der Waals surface area contributed by atoms with Crippen LogP contribution < -0.4 is 14.8 Å². The molecule has 0 atom stereocenters. The number of benzene rings is 2. The van der Waals surface area contributed by atoms with E-state index < -0.39 is 0 Å². The number of hydrogen-bond acceptors (Lipinski definition) is 4. The van der Waals surface area contributed by atoms with Gasteiger partial charge in [-0.2, -0.15) is 0 Å². The SMILES string of the molecule is O=C(Nc1ccc2c(c1)OCCCO2)c1cc2c(F)cccc2s1. The van der Waals surface area contributed by atoms with Crippen molar-refractivity contribution in [3.8, 4) is 11.5 Å². The van der Waals surface area contributed by atoms with Gasteiger partial charge in [0.15, 0.2) is 11.5 Å². The molecule has 122 valence electrons. The number of thiophene rings is 1. The average molecular weight is 343 g/mol. The Morgan fingerprint density at radius 3 is 2.75 bits per heavy atom. The van der Waals surface area contributed by atoms with Crippen molar-refractivity contribution in [1.82, 2.24) is 0 Å². The summed E-state index contributed by atoms with van der Waals surface area (Å²) in [6.45, 7) is 1.20. The van der Waals surface area contributed by atoms with Gasteiger partial charge in [-0.15, -0.1) is 11.3 Å². The van der Waals surface area contributed by atoms with Gasteiger partial charge in [0, 0.05) is 28.3 Å². The zero-order valence-electron chi connectivity index (χ0n) is 12.7. The van der Waals surface area contributed by atoms with Crippen LogP contribution in [0.4, 0.5) is 10.1 Å². The van der Waals surface area contributed by atoms with Crippen molar-refractivity contribution in [2.45, 2.75) is 6.42 Å². The van der Waals surface area contributed by atoms with Crippen molar-refractivity contribution in [1.29, 1.82) is 0 Å². The van der Waals surface area contributed by atoms with Crippen molar-refractivity contribution in [3.05, 3.63) is 53.2 Å². The van der Waals surface area contributed by atoms with Crippen LogP contribution in [0.1, 0.15) is 16.1 Å². The molecule has 24 heavy (non-hydrogen) atoms. The lowest BCUT2D eigenvalue weighted by molar-refractivity contribution is 0.103. The Morgan fingerprint density at radius 2 is 1.92 bits per heavy atom. The Kier molecular flexibility index (Phi) is 3.82. The molecule has 0 saturated heterocycles. The van der Waals surface area contributed by atoms with Crippen LogP contribution in [0.2, 0.25) is 0 Å². The molecule has 1 aromatic heterocycles. The predicted octanol–water partition coefficient (Wildman–Crippen LogP) is 4.45. The van der Waals surface area contributed by atoms with Crippen LogP contribution in [0.5, 0.6) is 11.5 Å². The summed E-state index contributed by atoms with van der Waals surface area (Å²) >= 11 is 1.26. The number of nitrogens with one attached hydrogen (secondary N) is 1. The van der Waals surface area contributed by atoms with Crippen molar-refractivity contribution < 1.29 is 18.7 Å². The zero-order chi connectivity index (χ0) is 16.5. The van der Waals surface area contributed by atoms with Gasteiger partial charge in [-0.25, -0.2) is 4.39 Å². The highest BCUT2D eigenvalue weighted by Crippen LogP contribution is 2.33. The maximum Gasteiger partial charge on any atom is 0.265 e. The molecule has 0 aliphatic carbocycles. The summed E-state index contributed by atoms with van der Waals surface area (Å²) in [6, 6.07) is 11.7. The highest BCUT2D eigenvalue weighted by atomic mass is 32.1. The normalized spacial score (nSPS) is 13.5. The monoisotopic (exact) mass is 343 g/mol. The van der Waals surface area contributed by atoms with E-state index in [0.717, 1.165) is 11.1 Å². The molecule has 2 aromatic carbocycles. The molecule has 3 aromatic rings. The number of rotatable bonds is 2. The summed E-state index contributed by atoms with van der Waals surface area (Å²) in [5.41, 5.74) is 0.613. The quantitative estimate of drug-likeness (QED) is 0.748. The third-order valence-electron chi connectivity index (χ3n) is 3.74. The smallest absolute Gasteiger partial charge is 0.265 e. The minimum atomic E-state index is -0.321. The minimum Gasteiger partial charge on any atom is -0.490 e. The Hall–Kier alpha value is -2.60. The van der Waals surface area contributed by atoms with Gasteiger partial charge in [0.25, 0.3) is 5.91 Å². The van der Waals surface area contributed by atoms with Crippen LogP contribution in [0, 0.1) is 5.82 Å². The van der Waals surface area contributed by atoms with Crippen LogP contribution >= 0.6 is 11.3 Å². The summed E-state index contributed by atoms with van der Waals surface area (Å²) in [5.74, 6) is 0.700. The fourth-order valence-electron chi connectivity index (χ4n) is 2.57. The number of hydrogen-bond donors (Lipinski definition) is 1.